The Morgan fingerprint density at radius 2 is 2.45 bits per heavy atom. The van der Waals surface area contributed by atoms with Gasteiger partial charge in [-0.25, -0.2) is 0 Å². The van der Waals surface area contributed by atoms with Crippen LogP contribution in [0, 0.1) is 0 Å². The summed E-state index contributed by atoms with van der Waals surface area (Å²) in [5, 5.41) is 4.00. The Hall–Kier alpha value is -0.520. The largest absolute Gasteiger partial charge is 0.271 e. The van der Waals surface area contributed by atoms with Crippen molar-refractivity contribution in [2.75, 3.05) is 0 Å². The van der Waals surface area contributed by atoms with Crippen LogP contribution in [0.2, 0.25) is 0 Å². The van der Waals surface area contributed by atoms with Gasteiger partial charge in [0, 0.05) is 6.54 Å². The molecule has 0 radical (unpaired) electrons. The minimum absolute atomic E-state index is 0.674. The van der Waals surface area contributed by atoms with Crippen molar-refractivity contribution in [1.82, 2.24) is 15.0 Å². The van der Waals surface area contributed by atoms with E-state index in [1.54, 1.807) is 0 Å². The highest BCUT2D eigenvalue weighted by atomic mass is 32.1. The van der Waals surface area contributed by atoms with E-state index in [0.717, 1.165) is 23.4 Å². The molecular formula is C6H12N4S. The Balaban J connectivity index is 2.62. The van der Waals surface area contributed by atoms with Gasteiger partial charge >= 0.3 is 0 Å². The second-order valence-electron chi connectivity index (χ2n) is 2.27. The molecule has 0 atom stereocenters. The van der Waals surface area contributed by atoms with E-state index >= 15 is 0 Å². The number of hydrazine groups is 1. The highest BCUT2D eigenvalue weighted by Gasteiger charge is 2.04. The molecule has 0 aliphatic rings. The molecule has 0 amide bonds. The fourth-order valence-corrected chi connectivity index (χ4v) is 1.51. The van der Waals surface area contributed by atoms with Gasteiger partial charge in [0.2, 0.25) is 0 Å². The van der Waals surface area contributed by atoms with Gasteiger partial charge < -0.3 is 0 Å². The van der Waals surface area contributed by atoms with Gasteiger partial charge in [-0.2, -0.15) is 0 Å². The van der Waals surface area contributed by atoms with Crippen molar-refractivity contribution in [2.45, 2.75) is 26.3 Å². The predicted molar refractivity (Wildman–Crippen MR) is 44.9 cm³/mol. The van der Waals surface area contributed by atoms with Crippen molar-refractivity contribution in [3.63, 3.8) is 0 Å². The second kappa shape index (κ2) is 4.38. The summed E-state index contributed by atoms with van der Waals surface area (Å²) < 4.78 is 3.86. The molecule has 0 spiro atoms. The number of nitrogens with one attached hydrogen (secondary N) is 1. The molecule has 1 heterocycles. The second-order valence-corrected chi connectivity index (χ2v) is 3.11. The Morgan fingerprint density at radius 1 is 1.64 bits per heavy atom. The van der Waals surface area contributed by atoms with Crippen LogP contribution in [0.3, 0.4) is 0 Å². The van der Waals surface area contributed by atoms with Crippen LogP contribution >= 0.6 is 11.5 Å². The lowest BCUT2D eigenvalue weighted by Gasteiger charge is -1.96. The maximum absolute atomic E-state index is 5.19. The summed E-state index contributed by atoms with van der Waals surface area (Å²) in [6, 6.07) is 0. The van der Waals surface area contributed by atoms with Gasteiger partial charge in [0.15, 0.2) is 0 Å². The number of aromatic nitrogens is 2. The molecule has 1 aromatic heterocycles. The summed E-state index contributed by atoms with van der Waals surface area (Å²) in [5.74, 6) is 5.19. The number of nitrogens with zero attached hydrogens (tertiary/aromatic N) is 2. The highest BCUT2D eigenvalue weighted by molar-refractivity contribution is 7.05. The van der Waals surface area contributed by atoms with Crippen LogP contribution in [0.5, 0.6) is 0 Å². The molecule has 0 bridgehead atoms. The molecule has 0 saturated heterocycles. The van der Waals surface area contributed by atoms with E-state index in [9.17, 15) is 0 Å². The Morgan fingerprint density at radius 3 is 3.09 bits per heavy atom. The van der Waals surface area contributed by atoms with Crippen LogP contribution in [0.15, 0.2) is 0 Å². The van der Waals surface area contributed by atoms with Gasteiger partial charge in [-0.15, -0.1) is 5.10 Å². The first-order valence-electron chi connectivity index (χ1n) is 3.62. The summed E-state index contributed by atoms with van der Waals surface area (Å²) in [7, 11) is 0. The average Bonchev–Trinajstić information content (AvgIpc) is 2.39. The van der Waals surface area contributed by atoms with Crippen molar-refractivity contribution in [1.29, 1.82) is 0 Å². The molecule has 4 nitrogen and oxygen atoms in total. The highest BCUT2D eigenvalue weighted by Crippen LogP contribution is 2.11. The van der Waals surface area contributed by atoms with E-state index < -0.39 is 0 Å². The molecule has 3 N–H and O–H groups in total. The topological polar surface area (TPSA) is 63.8 Å². The zero-order valence-electron chi connectivity index (χ0n) is 6.50. The molecule has 0 saturated carbocycles. The molecular weight excluding hydrogens is 160 g/mol. The number of hydrogen-bond donors (Lipinski definition) is 2. The van der Waals surface area contributed by atoms with Crippen LogP contribution in [0.25, 0.3) is 0 Å². The Kier molecular flexibility index (Phi) is 3.41. The fraction of sp³-hybridized carbons (Fsp3) is 0.667. The fourth-order valence-electron chi connectivity index (χ4n) is 0.881. The average molecular weight is 172 g/mol. The minimum Gasteiger partial charge on any atom is -0.271 e. The third-order valence-corrected chi connectivity index (χ3v) is 2.15. The standard InChI is InChI=1S/C6H12N4S/c1-2-3-5-6(4-8-7)11-10-9-5/h8H,2-4,7H2,1H3. The molecule has 0 fully saturated rings. The lowest BCUT2D eigenvalue weighted by Crippen LogP contribution is -2.20. The number of hydrogen-bond acceptors (Lipinski definition) is 5. The summed E-state index contributed by atoms with van der Waals surface area (Å²) in [6.07, 6.45) is 2.09. The van der Waals surface area contributed by atoms with Crippen molar-refractivity contribution in [3.05, 3.63) is 10.6 Å². The minimum atomic E-state index is 0.674. The molecule has 0 aromatic carbocycles. The van der Waals surface area contributed by atoms with Gasteiger partial charge in [0.25, 0.3) is 0 Å². The monoisotopic (exact) mass is 172 g/mol. The Bertz CT molecular complexity index is 190. The lowest BCUT2D eigenvalue weighted by atomic mass is 10.2. The van der Waals surface area contributed by atoms with E-state index in [4.69, 9.17) is 5.84 Å². The lowest BCUT2D eigenvalue weighted by molar-refractivity contribution is 0.734. The molecule has 5 heteroatoms. The van der Waals surface area contributed by atoms with E-state index in [0.29, 0.717) is 6.54 Å². The zero-order chi connectivity index (χ0) is 8.10. The Labute approximate surface area is 69.9 Å². The summed E-state index contributed by atoms with van der Waals surface area (Å²) in [5.41, 5.74) is 3.68. The molecule has 11 heavy (non-hydrogen) atoms. The maximum Gasteiger partial charge on any atom is 0.0801 e. The van der Waals surface area contributed by atoms with E-state index in [1.807, 2.05) is 0 Å². The van der Waals surface area contributed by atoms with Crippen molar-refractivity contribution in [3.8, 4) is 0 Å². The summed E-state index contributed by atoms with van der Waals surface area (Å²) >= 11 is 1.41. The third-order valence-electron chi connectivity index (χ3n) is 1.38. The van der Waals surface area contributed by atoms with Crippen molar-refractivity contribution >= 4 is 11.5 Å². The molecule has 1 aromatic rings. The van der Waals surface area contributed by atoms with Gasteiger partial charge in [-0.3, -0.25) is 11.3 Å². The number of aryl methyl sites for hydroxylation is 1. The predicted octanol–water partition coefficient (Wildman–Crippen LogP) is 0.454. The normalized spacial score (nSPS) is 10.4. The van der Waals surface area contributed by atoms with E-state index in [-0.39, 0.29) is 0 Å². The van der Waals surface area contributed by atoms with Gasteiger partial charge in [-0.05, 0) is 18.0 Å². The van der Waals surface area contributed by atoms with Crippen LogP contribution in [0.1, 0.15) is 23.9 Å². The molecule has 1 rings (SSSR count). The molecule has 0 unspecified atom stereocenters. The van der Waals surface area contributed by atoms with Gasteiger partial charge in [0.05, 0.1) is 10.6 Å². The number of rotatable bonds is 4. The smallest absolute Gasteiger partial charge is 0.0801 e. The van der Waals surface area contributed by atoms with Gasteiger partial charge in [-0.1, -0.05) is 17.8 Å². The first-order chi connectivity index (χ1) is 5.38. The van der Waals surface area contributed by atoms with Crippen LogP contribution in [-0.4, -0.2) is 9.59 Å². The maximum atomic E-state index is 5.19. The third kappa shape index (κ3) is 2.21. The van der Waals surface area contributed by atoms with E-state index in [1.165, 1.54) is 11.5 Å². The van der Waals surface area contributed by atoms with Crippen molar-refractivity contribution < 1.29 is 0 Å². The molecule has 0 aliphatic carbocycles. The zero-order valence-corrected chi connectivity index (χ0v) is 7.32. The van der Waals surface area contributed by atoms with Crippen LogP contribution < -0.4 is 11.3 Å². The van der Waals surface area contributed by atoms with Crippen LogP contribution in [-0.2, 0) is 13.0 Å². The van der Waals surface area contributed by atoms with E-state index in [2.05, 4.69) is 21.9 Å². The van der Waals surface area contributed by atoms with Gasteiger partial charge in [0.1, 0.15) is 0 Å². The summed E-state index contributed by atoms with van der Waals surface area (Å²) in [6.45, 7) is 2.80. The quantitative estimate of drug-likeness (QED) is 0.511. The molecule has 62 valence electrons. The molecule has 0 aliphatic heterocycles. The first kappa shape index (κ1) is 8.58. The van der Waals surface area contributed by atoms with Crippen molar-refractivity contribution in [2.24, 2.45) is 5.84 Å². The SMILES string of the molecule is CCCc1nnsc1CNN. The first-order valence-corrected chi connectivity index (χ1v) is 4.39. The summed E-state index contributed by atoms with van der Waals surface area (Å²) in [4.78, 5) is 1.15. The van der Waals surface area contributed by atoms with Crippen LogP contribution in [0.4, 0.5) is 0 Å². The number of nitrogens with two attached hydrogens (primary N) is 1.